The van der Waals surface area contributed by atoms with Crippen molar-refractivity contribution < 1.29 is 24.5 Å². The van der Waals surface area contributed by atoms with Crippen LogP contribution in [0.25, 0.3) is 0 Å². The highest BCUT2D eigenvalue weighted by atomic mass is 16.5. The van der Waals surface area contributed by atoms with Crippen molar-refractivity contribution in [2.24, 2.45) is 0 Å². The lowest BCUT2D eigenvalue weighted by molar-refractivity contribution is -0.151. The van der Waals surface area contributed by atoms with E-state index in [1.807, 2.05) is 0 Å². The van der Waals surface area contributed by atoms with E-state index >= 15 is 0 Å². The predicted octanol–water partition coefficient (Wildman–Crippen LogP) is 13.6. The zero-order valence-corrected chi connectivity index (χ0v) is 35.9. The molecule has 3 atom stereocenters. The molecule has 316 valence electrons. The van der Waals surface area contributed by atoms with Crippen molar-refractivity contribution in [2.45, 2.75) is 283 Å². The van der Waals surface area contributed by atoms with Crippen LogP contribution in [0.2, 0.25) is 0 Å². The third-order valence-corrected chi connectivity index (χ3v) is 11.2. The van der Waals surface area contributed by atoms with Gasteiger partial charge in [0.2, 0.25) is 5.91 Å². The minimum absolute atomic E-state index is 0.0859. The molecular weight excluding hydrogens is 659 g/mol. The summed E-state index contributed by atoms with van der Waals surface area (Å²) >= 11 is 0. The van der Waals surface area contributed by atoms with E-state index in [4.69, 9.17) is 4.74 Å². The van der Waals surface area contributed by atoms with E-state index in [2.05, 4.69) is 26.1 Å². The fraction of sp³-hybridized carbons (Fsp3) is 0.957. The van der Waals surface area contributed by atoms with E-state index in [1.54, 1.807) is 0 Å². The van der Waals surface area contributed by atoms with Gasteiger partial charge < -0.3 is 20.3 Å². The van der Waals surface area contributed by atoms with Gasteiger partial charge in [0.25, 0.3) is 0 Å². The molecular formula is C47H93NO5. The third-order valence-electron chi connectivity index (χ3n) is 11.2. The van der Waals surface area contributed by atoms with Crippen molar-refractivity contribution in [3.05, 3.63) is 0 Å². The first-order valence-electron chi connectivity index (χ1n) is 23.8. The number of hydrogen-bond donors (Lipinski definition) is 3. The zero-order chi connectivity index (χ0) is 38.9. The van der Waals surface area contributed by atoms with E-state index in [9.17, 15) is 19.8 Å². The number of aliphatic hydroxyl groups is 2. The number of carbonyl (C=O) groups is 2. The molecule has 0 aromatic rings. The summed E-state index contributed by atoms with van der Waals surface area (Å²) in [4.78, 5) is 25.9. The molecule has 0 aliphatic heterocycles. The molecule has 3 N–H and O–H groups in total. The molecule has 0 spiro atoms. The first-order chi connectivity index (χ1) is 26.0. The lowest BCUT2D eigenvalue weighted by Gasteiger charge is -2.24. The molecule has 0 radical (unpaired) electrons. The fourth-order valence-corrected chi connectivity index (χ4v) is 7.55. The Morgan fingerprint density at radius 1 is 0.472 bits per heavy atom. The van der Waals surface area contributed by atoms with Crippen LogP contribution in [0.3, 0.4) is 0 Å². The van der Waals surface area contributed by atoms with Crippen molar-refractivity contribution in [3.63, 3.8) is 0 Å². The number of hydrogen-bond acceptors (Lipinski definition) is 5. The van der Waals surface area contributed by atoms with Gasteiger partial charge in [-0.2, -0.15) is 0 Å². The number of aliphatic hydroxyl groups excluding tert-OH is 2. The number of esters is 1. The molecule has 0 aromatic heterocycles. The summed E-state index contributed by atoms with van der Waals surface area (Å²) < 4.78 is 5.88. The molecule has 53 heavy (non-hydrogen) atoms. The van der Waals surface area contributed by atoms with E-state index in [1.165, 1.54) is 173 Å². The standard InChI is InChI=1S/C47H93NO5/c1-4-7-10-13-16-19-21-22-23-24-25-26-27-30-33-36-39-45(50)44(42-49)48-46(51)41-43(38-35-32-29-18-15-12-9-6-3)53-47(52)40-37-34-31-28-20-17-14-11-8-5-2/h43-45,49-50H,4-42H2,1-3H3,(H,48,51). The monoisotopic (exact) mass is 752 g/mol. The van der Waals surface area contributed by atoms with Crippen molar-refractivity contribution in [2.75, 3.05) is 6.61 Å². The fourth-order valence-electron chi connectivity index (χ4n) is 7.55. The van der Waals surface area contributed by atoms with E-state index in [-0.39, 0.29) is 24.9 Å². The highest BCUT2D eigenvalue weighted by Gasteiger charge is 2.24. The Kier molecular flexibility index (Phi) is 41.1. The smallest absolute Gasteiger partial charge is 0.306 e. The molecule has 6 nitrogen and oxygen atoms in total. The minimum Gasteiger partial charge on any atom is -0.462 e. The maximum Gasteiger partial charge on any atom is 0.306 e. The number of nitrogens with one attached hydrogen (secondary N) is 1. The van der Waals surface area contributed by atoms with Gasteiger partial charge in [-0.3, -0.25) is 9.59 Å². The maximum absolute atomic E-state index is 13.1. The van der Waals surface area contributed by atoms with Crippen LogP contribution in [0.4, 0.5) is 0 Å². The van der Waals surface area contributed by atoms with Gasteiger partial charge in [-0.05, 0) is 25.7 Å². The van der Waals surface area contributed by atoms with Crippen molar-refractivity contribution in [1.29, 1.82) is 0 Å². The zero-order valence-electron chi connectivity index (χ0n) is 35.9. The van der Waals surface area contributed by atoms with Gasteiger partial charge in [0.1, 0.15) is 6.10 Å². The summed E-state index contributed by atoms with van der Waals surface area (Å²) in [5.41, 5.74) is 0. The van der Waals surface area contributed by atoms with Crippen LogP contribution in [0.1, 0.15) is 265 Å². The molecule has 0 aliphatic carbocycles. The van der Waals surface area contributed by atoms with Crippen molar-refractivity contribution in [1.82, 2.24) is 5.32 Å². The number of unbranched alkanes of at least 4 members (excludes halogenated alkanes) is 31. The number of ether oxygens (including phenoxy) is 1. The molecule has 3 unspecified atom stereocenters. The summed E-state index contributed by atoms with van der Waals surface area (Å²) in [7, 11) is 0. The van der Waals surface area contributed by atoms with Gasteiger partial charge in [-0.15, -0.1) is 0 Å². The van der Waals surface area contributed by atoms with Crippen molar-refractivity contribution >= 4 is 11.9 Å². The van der Waals surface area contributed by atoms with Gasteiger partial charge >= 0.3 is 5.97 Å². The molecule has 0 saturated carbocycles. The van der Waals surface area contributed by atoms with E-state index in [0.717, 1.165) is 44.9 Å². The average molecular weight is 752 g/mol. The lowest BCUT2D eigenvalue weighted by atomic mass is 10.0. The highest BCUT2D eigenvalue weighted by molar-refractivity contribution is 5.77. The van der Waals surface area contributed by atoms with Crippen LogP contribution in [0.15, 0.2) is 0 Å². The van der Waals surface area contributed by atoms with E-state index in [0.29, 0.717) is 19.3 Å². The van der Waals surface area contributed by atoms with Crippen LogP contribution in [-0.4, -0.2) is 46.9 Å². The van der Waals surface area contributed by atoms with Gasteiger partial charge in [-0.1, -0.05) is 226 Å². The Hall–Kier alpha value is -1.14. The summed E-state index contributed by atoms with van der Waals surface area (Å²) in [6, 6.07) is -0.690. The Bertz CT molecular complexity index is 761. The third kappa shape index (κ3) is 37.6. The lowest BCUT2D eigenvalue weighted by Crippen LogP contribution is -2.46. The maximum atomic E-state index is 13.1. The summed E-state index contributed by atoms with van der Waals surface area (Å²) in [5.74, 6) is -0.462. The Balaban J connectivity index is 4.36. The quantitative estimate of drug-likeness (QED) is 0.0426. The molecule has 1 amide bonds. The molecule has 0 aliphatic rings. The highest BCUT2D eigenvalue weighted by Crippen LogP contribution is 2.18. The SMILES string of the molecule is CCCCCCCCCCCCCCCCCCC(O)C(CO)NC(=O)CC(CCCCCCCCCC)OC(=O)CCCCCCCCCCCC. The second-order valence-electron chi connectivity index (χ2n) is 16.5. The number of amides is 1. The predicted molar refractivity (Wildman–Crippen MR) is 227 cm³/mol. The average Bonchev–Trinajstić information content (AvgIpc) is 3.15. The summed E-state index contributed by atoms with van der Waals surface area (Å²) in [6.45, 7) is 6.46. The first-order valence-corrected chi connectivity index (χ1v) is 23.8. The Morgan fingerprint density at radius 2 is 0.792 bits per heavy atom. The van der Waals surface area contributed by atoms with Gasteiger partial charge in [0, 0.05) is 6.42 Å². The second kappa shape index (κ2) is 42.0. The summed E-state index contributed by atoms with van der Waals surface area (Å²) in [6.07, 6.45) is 43.1. The second-order valence-corrected chi connectivity index (χ2v) is 16.5. The van der Waals surface area contributed by atoms with Crippen LogP contribution in [-0.2, 0) is 14.3 Å². The van der Waals surface area contributed by atoms with Crippen LogP contribution in [0.5, 0.6) is 0 Å². The first kappa shape index (κ1) is 51.9. The normalized spacial score (nSPS) is 13.2. The summed E-state index contributed by atoms with van der Waals surface area (Å²) in [5, 5.41) is 23.7. The Morgan fingerprint density at radius 3 is 1.15 bits per heavy atom. The van der Waals surface area contributed by atoms with Crippen LogP contribution >= 0.6 is 0 Å². The van der Waals surface area contributed by atoms with E-state index < -0.39 is 18.2 Å². The topological polar surface area (TPSA) is 95.9 Å². The van der Waals surface area contributed by atoms with Crippen LogP contribution < -0.4 is 5.32 Å². The van der Waals surface area contributed by atoms with Gasteiger partial charge in [-0.25, -0.2) is 0 Å². The minimum atomic E-state index is -0.777. The van der Waals surface area contributed by atoms with Crippen LogP contribution in [0, 0.1) is 0 Å². The largest absolute Gasteiger partial charge is 0.462 e. The molecule has 0 aromatic carbocycles. The molecule has 0 heterocycles. The molecule has 0 bridgehead atoms. The number of carbonyl (C=O) groups excluding carboxylic acids is 2. The number of rotatable bonds is 43. The molecule has 0 rings (SSSR count). The molecule has 0 saturated heterocycles. The van der Waals surface area contributed by atoms with Gasteiger partial charge in [0.15, 0.2) is 0 Å². The molecule has 0 fully saturated rings. The molecule has 6 heteroatoms. The van der Waals surface area contributed by atoms with Crippen molar-refractivity contribution in [3.8, 4) is 0 Å². The van der Waals surface area contributed by atoms with Gasteiger partial charge in [0.05, 0.1) is 25.2 Å². The Labute approximate surface area is 330 Å².